The summed E-state index contributed by atoms with van der Waals surface area (Å²) in [6.07, 6.45) is 1.66. The Bertz CT molecular complexity index is 633. The molecule has 0 N–H and O–H groups in total. The van der Waals surface area contributed by atoms with Gasteiger partial charge in [0.05, 0.1) is 12.8 Å². The van der Waals surface area contributed by atoms with Gasteiger partial charge in [-0.05, 0) is 35.0 Å². The number of methoxy groups -OCH3 is 1. The second-order valence-corrected chi connectivity index (χ2v) is 4.87. The third-order valence-corrected chi connectivity index (χ3v) is 3.31. The molecule has 18 heavy (non-hydrogen) atoms. The minimum absolute atomic E-state index is 0.110. The molecule has 94 valence electrons. The molecule has 2 aromatic heterocycles. The second-order valence-electron chi connectivity index (χ2n) is 3.95. The maximum absolute atomic E-state index is 12.3. The van der Waals surface area contributed by atoms with Crippen molar-refractivity contribution in [2.45, 2.75) is 6.92 Å². The molecule has 5 heteroatoms. The monoisotopic (exact) mass is 308 g/mol. The Balaban J connectivity index is 2.74. The van der Waals surface area contributed by atoms with E-state index in [9.17, 15) is 4.79 Å². The molecular formula is C13H13BrN2O2. The van der Waals surface area contributed by atoms with E-state index in [1.807, 2.05) is 19.1 Å². The van der Waals surface area contributed by atoms with E-state index in [1.165, 1.54) is 0 Å². The van der Waals surface area contributed by atoms with Gasteiger partial charge in [-0.1, -0.05) is 0 Å². The molecule has 0 amide bonds. The van der Waals surface area contributed by atoms with E-state index in [0.29, 0.717) is 17.0 Å². The van der Waals surface area contributed by atoms with Gasteiger partial charge >= 0.3 is 0 Å². The normalized spacial score (nSPS) is 10.4. The van der Waals surface area contributed by atoms with Crippen LogP contribution < -0.4 is 10.3 Å². The summed E-state index contributed by atoms with van der Waals surface area (Å²) in [7, 11) is 3.29. The Morgan fingerprint density at radius 3 is 2.67 bits per heavy atom. The SMILES string of the molecule is COc1cc(C)n(C)c(=O)c1-c1ccc(Br)cn1. The van der Waals surface area contributed by atoms with E-state index in [2.05, 4.69) is 20.9 Å². The van der Waals surface area contributed by atoms with Crippen molar-refractivity contribution in [3.8, 4) is 17.0 Å². The molecule has 0 radical (unpaired) electrons. The number of halogens is 1. The Kier molecular flexibility index (Phi) is 3.52. The van der Waals surface area contributed by atoms with Crippen molar-refractivity contribution >= 4 is 15.9 Å². The molecule has 0 aliphatic carbocycles. The van der Waals surface area contributed by atoms with Crippen LogP contribution in [0.5, 0.6) is 5.75 Å². The average Bonchev–Trinajstić information content (AvgIpc) is 2.37. The van der Waals surface area contributed by atoms with Crippen LogP contribution in [0.4, 0.5) is 0 Å². The molecule has 0 aliphatic heterocycles. The lowest BCUT2D eigenvalue weighted by Gasteiger charge is -2.11. The molecule has 0 saturated carbocycles. The molecule has 0 fully saturated rings. The van der Waals surface area contributed by atoms with E-state index >= 15 is 0 Å². The Morgan fingerprint density at radius 2 is 2.11 bits per heavy atom. The smallest absolute Gasteiger partial charge is 0.263 e. The summed E-state index contributed by atoms with van der Waals surface area (Å²) in [5, 5.41) is 0. The van der Waals surface area contributed by atoms with Gasteiger partial charge in [0.25, 0.3) is 5.56 Å². The van der Waals surface area contributed by atoms with Crippen molar-refractivity contribution in [3.63, 3.8) is 0 Å². The third kappa shape index (κ3) is 2.18. The van der Waals surface area contributed by atoms with Crippen molar-refractivity contribution in [3.05, 3.63) is 44.9 Å². The lowest BCUT2D eigenvalue weighted by Crippen LogP contribution is -2.21. The number of aromatic nitrogens is 2. The van der Waals surface area contributed by atoms with Gasteiger partial charge in [-0.15, -0.1) is 0 Å². The highest BCUT2D eigenvalue weighted by Gasteiger charge is 2.14. The summed E-state index contributed by atoms with van der Waals surface area (Å²) in [5.41, 5.74) is 1.83. The molecule has 0 atom stereocenters. The quantitative estimate of drug-likeness (QED) is 0.856. The lowest BCUT2D eigenvalue weighted by atomic mass is 10.1. The molecule has 0 aromatic carbocycles. The minimum Gasteiger partial charge on any atom is -0.496 e. The number of rotatable bonds is 2. The Morgan fingerprint density at radius 1 is 1.39 bits per heavy atom. The molecule has 0 saturated heterocycles. The molecule has 2 heterocycles. The molecule has 4 nitrogen and oxygen atoms in total. The fraction of sp³-hybridized carbons (Fsp3) is 0.231. The van der Waals surface area contributed by atoms with Crippen molar-refractivity contribution in [1.29, 1.82) is 0 Å². The first-order chi connectivity index (χ1) is 8.54. The van der Waals surface area contributed by atoms with Crippen molar-refractivity contribution in [1.82, 2.24) is 9.55 Å². The van der Waals surface area contributed by atoms with Gasteiger partial charge < -0.3 is 9.30 Å². The van der Waals surface area contributed by atoms with E-state index < -0.39 is 0 Å². The van der Waals surface area contributed by atoms with Crippen molar-refractivity contribution in [2.24, 2.45) is 7.05 Å². The summed E-state index contributed by atoms with van der Waals surface area (Å²) >= 11 is 3.32. The summed E-state index contributed by atoms with van der Waals surface area (Å²) in [4.78, 5) is 16.5. The zero-order chi connectivity index (χ0) is 13.3. The zero-order valence-corrected chi connectivity index (χ0v) is 12.0. The number of nitrogens with zero attached hydrogens (tertiary/aromatic N) is 2. The molecule has 0 spiro atoms. The largest absolute Gasteiger partial charge is 0.496 e. The Labute approximate surface area is 113 Å². The highest BCUT2D eigenvalue weighted by molar-refractivity contribution is 9.10. The van der Waals surface area contributed by atoms with Crippen LogP contribution in [0.3, 0.4) is 0 Å². The van der Waals surface area contributed by atoms with Gasteiger partial charge in [0.1, 0.15) is 11.3 Å². The molecule has 2 aromatic rings. The predicted molar refractivity (Wildman–Crippen MR) is 73.9 cm³/mol. The average molecular weight is 309 g/mol. The van der Waals surface area contributed by atoms with E-state index in [1.54, 1.807) is 31.0 Å². The van der Waals surface area contributed by atoms with Crippen LogP contribution in [0.1, 0.15) is 5.69 Å². The summed E-state index contributed by atoms with van der Waals surface area (Å²) in [6, 6.07) is 5.47. The minimum atomic E-state index is -0.110. The highest BCUT2D eigenvalue weighted by Crippen LogP contribution is 2.26. The van der Waals surface area contributed by atoms with Crippen LogP contribution in [0.2, 0.25) is 0 Å². The van der Waals surface area contributed by atoms with Crippen LogP contribution in [-0.2, 0) is 7.05 Å². The van der Waals surface area contributed by atoms with Crippen LogP contribution in [0, 0.1) is 6.92 Å². The first kappa shape index (κ1) is 12.8. The van der Waals surface area contributed by atoms with Crippen LogP contribution in [0.25, 0.3) is 11.3 Å². The zero-order valence-electron chi connectivity index (χ0n) is 10.4. The number of ether oxygens (including phenoxy) is 1. The molecule has 0 aliphatic rings. The van der Waals surface area contributed by atoms with Crippen molar-refractivity contribution in [2.75, 3.05) is 7.11 Å². The fourth-order valence-corrected chi connectivity index (χ4v) is 1.95. The lowest BCUT2D eigenvalue weighted by molar-refractivity contribution is 0.413. The standard InChI is InChI=1S/C13H13BrN2O2/c1-8-6-11(18-3)12(13(17)16(8)2)10-5-4-9(14)7-15-10/h4-7H,1-3H3. The van der Waals surface area contributed by atoms with Crippen LogP contribution in [0.15, 0.2) is 33.7 Å². The second kappa shape index (κ2) is 4.94. The summed E-state index contributed by atoms with van der Waals surface area (Å²) < 4.78 is 7.74. The molecule has 0 bridgehead atoms. The van der Waals surface area contributed by atoms with Gasteiger partial charge in [0.2, 0.25) is 0 Å². The summed E-state index contributed by atoms with van der Waals surface area (Å²) in [6.45, 7) is 1.86. The number of hydrogen-bond acceptors (Lipinski definition) is 3. The summed E-state index contributed by atoms with van der Waals surface area (Å²) in [5.74, 6) is 0.547. The van der Waals surface area contributed by atoms with Gasteiger partial charge in [-0.3, -0.25) is 9.78 Å². The van der Waals surface area contributed by atoms with E-state index in [-0.39, 0.29) is 5.56 Å². The van der Waals surface area contributed by atoms with Crippen LogP contribution >= 0.6 is 15.9 Å². The Hall–Kier alpha value is -1.62. The van der Waals surface area contributed by atoms with Gasteiger partial charge in [-0.2, -0.15) is 0 Å². The van der Waals surface area contributed by atoms with Crippen molar-refractivity contribution < 1.29 is 4.74 Å². The van der Waals surface area contributed by atoms with E-state index in [4.69, 9.17) is 4.74 Å². The number of aryl methyl sites for hydroxylation is 1. The fourth-order valence-electron chi connectivity index (χ4n) is 1.71. The first-order valence-electron chi connectivity index (χ1n) is 5.41. The predicted octanol–water partition coefficient (Wildman–Crippen LogP) is 2.53. The first-order valence-corrected chi connectivity index (χ1v) is 6.20. The number of hydrogen-bond donors (Lipinski definition) is 0. The van der Waals surface area contributed by atoms with Gasteiger partial charge in [0, 0.05) is 29.5 Å². The maximum Gasteiger partial charge on any atom is 0.263 e. The maximum atomic E-state index is 12.3. The third-order valence-electron chi connectivity index (χ3n) is 2.84. The molecular weight excluding hydrogens is 296 g/mol. The number of pyridine rings is 2. The molecule has 0 unspecified atom stereocenters. The van der Waals surface area contributed by atoms with E-state index in [0.717, 1.165) is 10.2 Å². The topological polar surface area (TPSA) is 44.1 Å². The van der Waals surface area contributed by atoms with Crippen LogP contribution in [-0.4, -0.2) is 16.7 Å². The highest BCUT2D eigenvalue weighted by atomic mass is 79.9. The van der Waals surface area contributed by atoms with Gasteiger partial charge in [-0.25, -0.2) is 0 Å². The molecule has 2 rings (SSSR count). The van der Waals surface area contributed by atoms with Gasteiger partial charge in [0.15, 0.2) is 0 Å².